The molecule has 0 radical (unpaired) electrons. The maximum Gasteiger partial charge on any atom is 0.228 e. The summed E-state index contributed by atoms with van der Waals surface area (Å²) in [6.45, 7) is 2.05. The average molecular weight is 281 g/mol. The molecule has 4 nitrogen and oxygen atoms in total. The van der Waals surface area contributed by atoms with Gasteiger partial charge < -0.3 is 9.84 Å². The van der Waals surface area contributed by atoms with Gasteiger partial charge in [0.25, 0.3) is 0 Å². The van der Waals surface area contributed by atoms with Crippen LogP contribution in [0.5, 0.6) is 0 Å². The van der Waals surface area contributed by atoms with E-state index < -0.39 is 0 Å². The van der Waals surface area contributed by atoms with Crippen molar-refractivity contribution in [2.75, 3.05) is 7.05 Å². The van der Waals surface area contributed by atoms with E-state index in [0.29, 0.717) is 29.9 Å². The smallest absolute Gasteiger partial charge is 0.228 e. The number of halogens is 1. The Kier molecular flexibility index (Phi) is 4.93. The Morgan fingerprint density at radius 1 is 1.37 bits per heavy atom. The van der Waals surface area contributed by atoms with E-state index in [1.54, 1.807) is 23.9 Å². The van der Waals surface area contributed by atoms with Gasteiger partial charge in [0, 0.05) is 17.4 Å². The number of likely N-dealkylation sites (N-methyl/N-ethyl adjacent to an activating group) is 1. The van der Waals surface area contributed by atoms with Gasteiger partial charge in [-0.15, -0.1) is 11.8 Å². The highest BCUT2D eigenvalue weighted by atomic mass is 32.2. The first-order chi connectivity index (χ1) is 9.17. The molecule has 0 bridgehead atoms. The highest BCUT2D eigenvalue weighted by Gasteiger charge is 2.09. The van der Waals surface area contributed by atoms with Crippen molar-refractivity contribution in [2.45, 2.75) is 30.0 Å². The van der Waals surface area contributed by atoms with E-state index in [-0.39, 0.29) is 5.82 Å². The van der Waals surface area contributed by atoms with Crippen molar-refractivity contribution < 1.29 is 8.91 Å². The molecule has 0 saturated carbocycles. The minimum atomic E-state index is -0.229. The fourth-order valence-electron chi connectivity index (χ4n) is 1.47. The summed E-state index contributed by atoms with van der Waals surface area (Å²) in [5, 5.41) is 7.04. The highest BCUT2D eigenvalue weighted by Crippen LogP contribution is 2.21. The van der Waals surface area contributed by atoms with Crippen molar-refractivity contribution in [3.63, 3.8) is 0 Å². The first-order valence-corrected chi connectivity index (χ1v) is 7.03. The second-order valence-corrected chi connectivity index (χ2v) is 5.29. The second-order valence-electron chi connectivity index (χ2n) is 4.24. The van der Waals surface area contributed by atoms with Gasteiger partial charge in [-0.1, -0.05) is 5.16 Å². The topological polar surface area (TPSA) is 51.0 Å². The fourth-order valence-corrected chi connectivity index (χ4v) is 2.22. The van der Waals surface area contributed by atoms with Gasteiger partial charge in [0.15, 0.2) is 5.82 Å². The van der Waals surface area contributed by atoms with Crippen molar-refractivity contribution in [1.82, 2.24) is 15.5 Å². The molecule has 1 aromatic heterocycles. The largest absolute Gasteiger partial charge is 0.339 e. The lowest BCUT2D eigenvalue weighted by Crippen LogP contribution is -2.23. The predicted octanol–water partition coefficient (Wildman–Crippen LogP) is 2.65. The number of nitrogens with one attached hydrogen (secondary N) is 1. The van der Waals surface area contributed by atoms with E-state index in [0.717, 1.165) is 4.90 Å². The highest BCUT2D eigenvalue weighted by molar-refractivity contribution is 7.98. The lowest BCUT2D eigenvalue weighted by atomic mass is 10.2. The van der Waals surface area contributed by atoms with Gasteiger partial charge in [-0.3, -0.25) is 0 Å². The van der Waals surface area contributed by atoms with Crippen molar-refractivity contribution in [2.24, 2.45) is 0 Å². The van der Waals surface area contributed by atoms with Gasteiger partial charge in [-0.2, -0.15) is 4.98 Å². The molecule has 1 heterocycles. The van der Waals surface area contributed by atoms with E-state index in [1.165, 1.54) is 12.1 Å². The summed E-state index contributed by atoms with van der Waals surface area (Å²) in [6.07, 6.45) is 0.713. The zero-order valence-corrected chi connectivity index (χ0v) is 11.7. The molecule has 1 N–H and O–H groups in total. The van der Waals surface area contributed by atoms with Gasteiger partial charge in [0.2, 0.25) is 5.89 Å². The maximum absolute atomic E-state index is 12.8. The van der Waals surface area contributed by atoms with Crippen molar-refractivity contribution in [1.29, 1.82) is 0 Å². The van der Waals surface area contributed by atoms with Gasteiger partial charge in [0.05, 0.1) is 5.75 Å². The number of nitrogens with zero attached hydrogens (tertiary/aromatic N) is 2. The first kappa shape index (κ1) is 14.0. The Bertz CT molecular complexity index is 515. The molecule has 1 atom stereocenters. The summed E-state index contributed by atoms with van der Waals surface area (Å²) in [7, 11) is 1.90. The van der Waals surface area contributed by atoms with E-state index in [9.17, 15) is 4.39 Å². The SMILES string of the molecule is CNC(C)Cc1nc(CSc2ccc(F)cc2)no1. The van der Waals surface area contributed by atoms with Crippen molar-refractivity contribution in [3.05, 3.63) is 41.8 Å². The van der Waals surface area contributed by atoms with E-state index in [2.05, 4.69) is 22.4 Å². The molecule has 2 aromatic rings. The summed E-state index contributed by atoms with van der Waals surface area (Å²) >= 11 is 1.55. The minimum Gasteiger partial charge on any atom is -0.339 e. The molecule has 0 amide bonds. The van der Waals surface area contributed by atoms with Crippen LogP contribution in [0.2, 0.25) is 0 Å². The molecule has 6 heteroatoms. The van der Waals surface area contributed by atoms with E-state index in [4.69, 9.17) is 4.52 Å². The molecular weight excluding hydrogens is 265 g/mol. The van der Waals surface area contributed by atoms with Crippen LogP contribution >= 0.6 is 11.8 Å². The molecule has 1 aromatic carbocycles. The molecule has 1 unspecified atom stereocenters. The number of hydrogen-bond acceptors (Lipinski definition) is 5. The normalized spacial score (nSPS) is 12.6. The van der Waals surface area contributed by atoms with E-state index in [1.807, 2.05) is 7.05 Å². The summed E-state index contributed by atoms with van der Waals surface area (Å²) in [4.78, 5) is 5.30. The Labute approximate surface area is 115 Å². The van der Waals surface area contributed by atoms with Gasteiger partial charge in [0.1, 0.15) is 5.82 Å². The lowest BCUT2D eigenvalue weighted by Gasteiger charge is -2.04. The number of benzene rings is 1. The Hall–Kier alpha value is -1.40. The summed E-state index contributed by atoms with van der Waals surface area (Å²) in [5.74, 6) is 1.68. The van der Waals surface area contributed by atoms with Crippen LogP contribution in [0, 0.1) is 5.82 Å². The second kappa shape index (κ2) is 6.68. The van der Waals surface area contributed by atoms with Crippen LogP contribution in [-0.4, -0.2) is 23.2 Å². The maximum atomic E-state index is 12.8. The molecule has 0 spiro atoms. The molecule has 19 heavy (non-hydrogen) atoms. The molecule has 0 saturated heterocycles. The number of thioether (sulfide) groups is 1. The summed E-state index contributed by atoms with van der Waals surface area (Å²) in [5.41, 5.74) is 0. The van der Waals surface area contributed by atoms with E-state index >= 15 is 0 Å². The third kappa shape index (κ3) is 4.33. The van der Waals surface area contributed by atoms with Crippen LogP contribution in [0.3, 0.4) is 0 Å². The molecule has 0 aliphatic carbocycles. The van der Waals surface area contributed by atoms with Crippen molar-refractivity contribution in [3.8, 4) is 0 Å². The van der Waals surface area contributed by atoms with Crippen LogP contribution < -0.4 is 5.32 Å². The predicted molar refractivity (Wildman–Crippen MR) is 72.5 cm³/mol. The van der Waals surface area contributed by atoms with Crippen LogP contribution in [0.1, 0.15) is 18.6 Å². The van der Waals surface area contributed by atoms with Crippen molar-refractivity contribution >= 4 is 11.8 Å². The zero-order chi connectivity index (χ0) is 13.7. The fraction of sp³-hybridized carbons (Fsp3) is 0.385. The van der Waals surface area contributed by atoms with Crippen LogP contribution in [0.15, 0.2) is 33.7 Å². The van der Waals surface area contributed by atoms with Gasteiger partial charge in [-0.25, -0.2) is 4.39 Å². The molecular formula is C13H16FN3OS. The van der Waals surface area contributed by atoms with Crippen LogP contribution in [-0.2, 0) is 12.2 Å². The minimum absolute atomic E-state index is 0.229. The zero-order valence-electron chi connectivity index (χ0n) is 10.9. The quantitative estimate of drug-likeness (QED) is 0.825. The number of aromatic nitrogens is 2. The Morgan fingerprint density at radius 3 is 2.79 bits per heavy atom. The third-order valence-electron chi connectivity index (χ3n) is 2.67. The van der Waals surface area contributed by atoms with Crippen LogP contribution in [0.25, 0.3) is 0 Å². The molecule has 0 fully saturated rings. The first-order valence-electron chi connectivity index (χ1n) is 6.04. The standard InChI is InChI=1S/C13H16FN3OS/c1-9(15-2)7-13-16-12(17-18-13)8-19-11-5-3-10(14)4-6-11/h3-6,9,15H,7-8H2,1-2H3. The molecule has 0 aliphatic heterocycles. The lowest BCUT2D eigenvalue weighted by molar-refractivity contribution is 0.362. The number of rotatable bonds is 6. The third-order valence-corrected chi connectivity index (χ3v) is 3.67. The van der Waals surface area contributed by atoms with Gasteiger partial charge in [-0.05, 0) is 38.2 Å². The monoisotopic (exact) mass is 281 g/mol. The van der Waals surface area contributed by atoms with Crippen LogP contribution in [0.4, 0.5) is 4.39 Å². The molecule has 102 valence electrons. The summed E-state index contributed by atoms with van der Waals surface area (Å²) in [6, 6.07) is 6.67. The number of hydrogen-bond donors (Lipinski definition) is 1. The van der Waals surface area contributed by atoms with Gasteiger partial charge >= 0.3 is 0 Å². The summed E-state index contributed by atoms with van der Waals surface area (Å²) < 4.78 is 17.9. The Morgan fingerprint density at radius 2 is 2.11 bits per heavy atom. The average Bonchev–Trinajstić information content (AvgIpc) is 2.85. The molecule has 2 rings (SSSR count). The Balaban J connectivity index is 1.88. The molecule has 0 aliphatic rings.